The van der Waals surface area contributed by atoms with Gasteiger partial charge >= 0.3 is 0 Å². The lowest BCUT2D eigenvalue weighted by molar-refractivity contribution is 0.334. The average molecular weight is 523 g/mol. The molecule has 6 aromatic rings. The second-order valence-electron chi connectivity index (χ2n) is 9.98. The van der Waals surface area contributed by atoms with Crippen molar-refractivity contribution in [2.24, 2.45) is 0 Å². The summed E-state index contributed by atoms with van der Waals surface area (Å²) in [6.45, 7) is 3.62. The molecule has 0 atom stereocenters. The number of rotatable bonds is 7. The van der Waals surface area contributed by atoms with Crippen LogP contribution in [0.4, 0.5) is 4.39 Å². The fraction of sp³-hybridized carbons (Fsp3) is 0.233. The van der Waals surface area contributed by atoms with E-state index in [0.29, 0.717) is 0 Å². The van der Waals surface area contributed by atoms with E-state index in [1.165, 1.54) is 37.6 Å². The summed E-state index contributed by atoms with van der Waals surface area (Å²) in [7, 11) is 0. The normalized spacial score (nSPS) is 14.2. The van der Waals surface area contributed by atoms with Gasteiger partial charge < -0.3 is 9.88 Å². The number of pyridine rings is 2. The molecular weight excluding hydrogens is 495 g/mol. The van der Waals surface area contributed by atoms with E-state index < -0.39 is 0 Å². The van der Waals surface area contributed by atoms with E-state index in [1.54, 1.807) is 0 Å². The first-order valence-electron chi connectivity index (χ1n) is 13.1. The number of H-pyrrole nitrogens is 2. The zero-order valence-corrected chi connectivity index (χ0v) is 21.7. The summed E-state index contributed by atoms with van der Waals surface area (Å²) in [5.41, 5.74) is 7.73. The van der Waals surface area contributed by atoms with Gasteiger partial charge in [-0.3, -0.25) is 15.1 Å². The van der Waals surface area contributed by atoms with E-state index in [2.05, 4.69) is 43.3 Å². The van der Waals surface area contributed by atoms with Gasteiger partial charge in [0, 0.05) is 44.7 Å². The molecule has 8 heteroatoms. The number of thiophene rings is 1. The number of hydrogen-bond donors (Lipinski definition) is 2. The molecule has 7 rings (SSSR count). The first-order valence-corrected chi connectivity index (χ1v) is 13.9. The quantitative estimate of drug-likeness (QED) is 0.235. The predicted octanol–water partition coefficient (Wildman–Crippen LogP) is 7.06. The second kappa shape index (κ2) is 9.78. The van der Waals surface area contributed by atoms with Crippen LogP contribution in [-0.2, 0) is 6.42 Å². The maximum Gasteiger partial charge on any atom is 0.176 e. The van der Waals surface area contributed by atoms with Crippen molar-refractivity contribution < 1.29 is 4.39 Å². The molecule has 0 saturated carbocycles. The zero-order valence-electron chi connectivity index (χ0n) is 20.9. The van der Waals surface area contributed by atoms with Crippen molar-refractivity contribution in [1.29, 1.82) is 0 Å². The summed E-state index contributed by atoms with van der Waals surface area (Å²) in [6.07, 6.45) is 10.5. The Kier molecular flexibility index (Phi) is 5.98. The Morgan fingerprint density at radius 1 is 0.947 bits per heavy atom. The Hall–Kier alpha value is -3.88. The standard InChI is InChI=1S/C30H27FN6S/c31-29-9-8-28(38-29)21-6-3-7-24-22(21)14-26(34-24)30-23-15-25(33-18-27(23)35-36-30)20-13-19(16-32-17-20)5-4-12-37-10-1-2-11-37/h3,6-9,13-18,34H,1-2,4-5,10-12H2,(H,35,36). The highest BCUT2D eigenvalue weighted by Crippen LogP contribution is 2.37. The van der Waals surface area contributed by atoms with Gasteiger partial charge in [-0.1, -0.05) is 12.1 Å². The number of nitrogens with zero attached hydrogens (tertiary/aromatic N) is 4. The fourth-order valence-electron chi connectivity index (χ4n) is 5.51. The molecule has 2 N–H and O–H groups in total. The van der Waals surface area contributed by atoms with Crippen LogP contribution in [0.2, 0.25) is 0 Å². The third-order valence-corrected chi connectivity index (χ3v) is 8.34. The lowest BCUT2D eigenvalue weighted by Crippen LogP contribution is -2.20. The monoisotopic (exact) mass is 522 g/mol. The lowest BCUT2D eigenvalue weighted by Gasteiger charge is -2.14. The summed E-state index contributed by atoms with van der Waals surface area (Å²) in [6, 6.07) is 15.8. The number of aromatic nitrogens is 5. The van der Waals surface area contributed by atoms with Gasteiger partial charge in [-0.05, 0) is 87.3 Å². The van der Waals surface area contributed by atoms with Gasteiger partial charge in [-0.15, -0.1) is 11.3 Å². The lowest BCUT2D eigenvalue weighted by atomic mass is 10.1. The van der Waals surface area contributed by atoms with Gasteiger partial charge in [0.2, 0.25) is 0 Å². The first-order chi connectivity index (χ1) is 18.7. The van der Waals surface area contributed by atoms with Gasteiger partial charge in [0.15, 0.2) is 5.13 Å². The molecule has 0 aliphatic carbocycles. The molecule has 6 nitrogen and oxygen atoms in total. The van der Waals surface area contributed by atoms with Crippen molar-refractivity contribution in [3.05, 3.63) is 77.8 Å². The topological polar surface area (TPSA) is 73.5 Å². The number of halogens is 1. The molecule has 6 heterocycles. The molecule has 0 bridgehead atoms. The van der Waals surface area contributed by atoms with E-state index in [1.807, 2.05) is 42.9 Å². The van der Waals surface area contributed by atoms with Crippen LogP contribution < -0.4 is 0 Å². The maximum atomic E-state index is 13.7. The minimum absolute atomic E-state index is 0.184. The largest absolute Gasteiger partial charge is 0.353 e. The van der Waals surface area contributed by atoms with Gasteiger partial charge in [-0.2, -0.15) is 9.49 Å². The van der Waals surface area contributed by atoms with Gasteiger partial charge in [0.05, 0.1) is 23.1 Å². The molecule has 1 fully saturated rings. The van der Waals surface area contributed by atoms with Crippen molar-refractivity contribution in [2.75, 3.05) is 19.6 Å². The molecule has 1 saturated heterocycles. The molecule has 38 heavy (non-hydrogen) atoms. The van der Waals surface area contributed by atoms with Gasteiger partial charge in [0.1, 0.15) is 5.69 Å². The molecule has 0 spiro atoms. The molecule has 0 radical (unpaired) electrons. The number of aryl methyl sites for hydroxylation is 1. The van der Waals surface area contributed by atoms with E-state index in [-0.39, 0.29) is 5.13 Å². The predicted molar refractivity (Wildman–Crippen MR) is 152 cm³/mol. The molecule has 190 valence electrons. The first kappa shape index (κ1) is 23.3. The third kappa shape index (κ3) is 4.40. The highest BCUT2D eigenvalue weighted by molar-refractivity contribution is 7.14. The number of likely N-dealkylation sites (tertiary alicyclic amines) is 1. The van der Waals surface area contributed by atoms with E-state index in [0.717, 1.165) is 85.6 Å². The Morgan fingerprint density at radius 2 is 1.87 bits per heavy atom. The van der Waals surface area contributed by atoms with Crippen molar-refractivity contribution in [2.45, 2.75) is 25.7 Å². The van der Waals surface area contributed by atoms with Crippen LogP contribution in [0.5, 0.6) is 0 Å². The van der Waals surface area contributed by atoms with Crippen molar-refractivity contribution in [1.82, 2.24) is 30.0 Å². The number of fused-ring (bicyclic) bond motifs is 2. The highest BCUT2D eigenvalue weighted by atomic mass is 32.1. The molecule has 1 aliphatic rings. The summed E-state index contributed by atoms with van der Waals surface area (Å²) < 4.78 is 13.7. The fourth-order valence-corrected chi connectivity index (χ4v) is 6.28. The van der Waals surface area contributed by atoms with E-state index in [4.69, 9.17) is 4.98 Å². The van der Waals surface area contributed by atoms with Crippen LogP contribution in [0.3, 0.4) is 0 Å². The SMILES string of the molecule is Fc1ccc(-c2cccc3[nH]c(-c4n[nH]c5cnc(-c6cncc(CCCN7CCCC7)c6)cc45)cc23)s1. The molecular formula is C30H27FN6S. The van der Waals surface area contributed by atoms with E-state index >= 15 is 0 Å². The summed E-state index contributed by atoms with van der Waals surface area (Å²) in [4.78, 5) is 16.2. The zero-order chi connectivity index (χ0) is 25.5. The van der Waals surface area contributed by atoms with Crippen LogP contribution in [-0.4, -0.2) is 49.7 Å². The molecule has 5 aromatic heterocycles. The second-order valence-corrected chi connectivity index (χ2v) is 11.0. The Morgan fingerprint density at radius 3 is 2.74 bits per heavy atom. The molecule has 1 aromatic carbocycles. The highest BCUT2D eigenvalue weighted by Gasteiger charge is 2.16. The molecule has 1 aliphatic heterocycles. The number of benzene rings is 1. The Bertz CT molecular complexity index is 1740. The van der Waals surface area contributed by atoms with E-state index in [9.17, 15) is 4.39 Å². The van der Waals surface area contributed by atoms with Gasteiger partial charge in [0.25, 0.3) is 0 Å². The Balaban J connectivity index is 1.20. The van der Waals surface area contributed by atoms with Crippen molar-refractivity contribution in [3.8, 4) is 33.1 Å². The minimum Gasteiger partial charge on any atom is -0.353 e. The van der Waals surface area contributed by atoms with Crippen LogP contribution in [0.15, 0.2) is 67.1 Å². The number of nitrogens with one attached hydrogen (secondary N) is 2. The van der Waals surface area contributed by atoms with Crippen molar-refractivity contribution in [3.63, 3.8) is 0 Å². The summed E-state index contributed by atoms with van der Waals surface area (Å²) in [5.74, 6) is 0. The summed E-state index contributed by atoms with van der Waals surface area (Å²) in [5, 5.41) is 9.60. The Labute approximate surface area is 223 Å². The maximum absolute atomic E-state index is 13.7. The molecule has 0 unspecified atom stereocenters. The van der Waals surface area contributed by atoms with Crippen LogP contribution in [0, 0.1) is 5.13 Å². The third-order valence-electron chi connectivity index (χ3n) is 7.43. The smallest absolute Gasteiger partial charge is 0.176 e. The van der Waals surface area contributed by atoms with Crippen molar-refractivity contribution >= 4 is 33.1 Å². The van der Waals surface area contributed by atoms with Crippen LogP contribution >= 0.6 is 11.3 Å². The van der Waals surface area contributed by atoms with Crippen LogP contribution in [0.25, 0.3) is 54.9 Å². The summed E-state index contributed by atoms with van der Waals surface area (Å²) >= 11 is 1.16. The average Bonchev–Trinajstić information content (AvgIpc) is 3.74. The van der Waals surface area contributed by atoms with Crippen LogP contribution in [0.1, 0.15) is 24.8 Å². The minimum atomic E-state index is -0.184. The number of hydrogen-bond acceptors (Lipinski definition) is 5. The number of aromatic amines is 2. The van der Waals surface area contributed by atoms with Gasteiger partial charge in [-0.25, -0.2) is 0 Å². The molecule has 0 amide bonds.